The lowest BCUT2D eigenvalue weighted by atomic mass is 10.2. The summed E-state index contributed by atoms with van der Waals surface area (Å²) in [5.41, 5.74) is 1.20. The van der Waals surface area contributed by atoms with Crippen LogP contribution in [0.15, 0.2) is 28.4 Å². The second kappa shape index (κ2) is 4.24. The Morgan fingerprint density at radius 3 is 3.00 bits per heavy atom. The van der Waals surface area contributed by atoms with Crippen LogP contribution in [-0.4, -0.2) is 5.88 Å². The summed E-state index contributed by atoms with van der Waals surface area (Å²) < 4.78 is 5.13. The van der Waals surface area contributed by atoms with E-state index in [0.29, 0.717) is 5.88 Å². The van der Waals surface area contributed by atoms with Crippen LogP contribution in [0.25, 0.3) is 6.08 Å². The summed E-state index contributed by atoms with van der Waals surface area (Å²) in [5.74, 6) is 1.46. The number of halogens is 1. The third kappa shape index (κ3) is 2.43. The normalized spacial score (nSPS) is 12.0. The summed E-state index contributed by atoms with van der Waals surface area (Å²) >= 11 is 5.67. The molecule has 1 aromatic rings. The zero-order valence-corrected chi connectivity index (χ0v) is 7.27. The largest absolute Gasteiger partial charge is 0.465 e. The van der Waals surface area contributed by atoms with Gasteiger partial charge in [-0.05, 0) is 24.6 Å². The van der Waals surface area contributed by atoms with Gasteiger partial charge in [-0.3, -0.25) is 0 Å². The Balaban J connectivity index is 2.71. The number of hydrogen-bond acceptors (Lipinski definition) is 1. The van der Waals surface area contributed by atoms with Crippen LogP contribution in [0.1, 0.15) is 19.1 Å². The van der Waals surface area contributed by atoms with Crippen LogP contribution in [0.5, 0.6) is 0 Å². The molecule has 0 saturated carbocycles. The molecule has 1 heterocycles. The first-order valence-electron chi connectivity index (χ1n) is 3.65. The van der Waals surface area contributed by atoms with Crippen molar-refractivity contribution in [3.05, 3.63) is 29.7 Å². The van der Waals surface area contributed by atoms with Crippen LogP contribution < -0.4 is 0 Å². The van der Waals surface area contributed by atoms with Gasteiger partial charge in [0.05, 0.1) is 6.26 Å². The quantitative estimate of drug-likeness (QED) is 0.635. The van der Waals surface area contributed by atoms with Crippen molar-refractivity contribution in [2.45, 2.75) is 13.3 Å². The first-order valence-corrected chi connectivity index (χ1v) is 4.19. The highest BCUT2D eigenvalue weighted by Crippen LogP contribution is 2.10. The molecule has 60 valence electrons. The van der Waals surface area contributed by atoms with E-state index in [1.165, 1.54) is 5.57 Å². The van der Waals surface area contributed by atoms with Gasteiger partial charge in [0.25, 0.3) is 0 Å². The molecule has 0 aliphatic carbocycles. The maximum absolute atomic E-state index is 5.67. The third-order valence-corrected chi connectivity index (χ3v) is 1.86. The highest BCUT2D eigenvalue weighted by molar-refractivity contribution is 6.19. The maximum Gasteiger partial charge on any atom is 0.126 e. The molecular formula is C9H11ClO. The molecule has 0 atom stereocenters. The number of hydrogen-bond donors (Lipinski definition) is 0. The molecule has 0 fully saturated rings. The molecule has 1 nitrogen and oxygen atoms in total. The van der Waals surface area contributed by atoms with E-state index in [4.69, 9.17) is 16.0 Å². The minimum atomic E-state index is 0.581. The van der Waals surface area contributed by atoms with Gasteiger partial charge in [-0.1, -0.05) is 12.5 Å². The van der Waals surface area contributed by atoms with Crippen molar-refractivity contribution in [3.63, 3.8) is 0 Å². The standard InChI is InChI=1S/C9H11ClO/c1-2-8(7-10)6-9-4-3-5-11-9/h3-6H,2,7H2,1H3. The first-order chi connectivity index (χ1) is 5.36. The van der Waals surface area contributed by atoms with E-state index < -0.39 is 0 Å². The molecule has 0 saturated heterocycles. The zero-order valence-electron chi connectivity index (χ0n) is 6.51. The van der Waals surface area contributed by atoms with E-state index in [0.717, 1.165) is 12.2 Å². The van der Waals surface area contributed by atoms with Crippen molar-refractivity contribution >= 4 is 17.7 Å². The smallest absolute Gasteiger partial charge is 0.126 e. The van der Waals surface area contributed by atoms with Crippen LogP contribution in [-0.2, 0) is 0 Å². The van der Waals surface area contributed by atoms with Crippen LogP contribution >= 0.6 is 11.6 Å². The molecule has 0 aliphatic heterocycles. The van der Waals surface area contributed by atoms with E-state index in [2.05, 4.69) is 6.92 Å². The van der Waals surface area contributed by atoms with Gasteiger partial charge in [0.15, 0.2) is 0 Å². The molecule has 0 N–H and O–H groups in total. The summed E-state index contributed by atoms with van der Waals surface area (Å²) in [6.45, 7) is 2.08. The molecule has 0 unspecified atom stereocenters. The van der Waals surface area contributed by atoms with E-state index in [1.54, 1.807) is 6.26 Å². The number of rotatable bonds is 3. The fourth-order valence-corrected chi connectivity index (χ4v) is 1.08. The molecule has 1 rings (SSSR count). The molecular weight excluding hydrogens is 160 g/mol. The summed E-state index contributed by atoms with van der Waals surface area (Å²) in [5, 5.41) is 0. The summed E-state index contributed by atoms with van der Waals surface area (Å²) in [4.78, 5) is 0. The van der Waals surface area contributed by atoms with Crippen molar-refractivity contribution in [2.75, 3.05) is 5.88 Å². The Bertz CT molecular complexity index is 218. The van der Waals surface area contributed by atoms with Gasteiger partial charge in [-0.15, -0.1) is 11.6 Å². The summed E-state index contributed by atoms with van der Waals surface area (Å²) in [7, 11) is 0. The van der Waals surface area contributed by atoms with Crippen molar-refractivity contribution in [2.24, 2.45) is 0 Å². The minimum absolute atomic E-state index is 0.581. The molecule has 0 aromatic carbocycles. The predicted molar refractivity (Wildman–Crippen MR) is 47.7 cm³/mol. The lowest BCUT2D eigenvalue weighted by molar-refractivity contribution is 0.556. The fourth-order valence-electron chi connectivity index (χ4n) is 0.810. The minimum Gasteiger partial charge on any atom is -0.465 e. The Labute approximate surface area is 71.7 Å². The van der Waals surface area contributed by atoms with Crippen LogP contribution in [0.4, 0.5) is 0 Å². The van der Waals surface area contributed by atoms with Crippen molar-refractivity contribution in [1.82, 2.24) is 0 Å². The Morgan fingerprint density at radius 1 is 1.73 bits per heavy atom. The number of furan rings is 1. The molecule has 0 amide bonds. The molecule has 0 aliphatic rings. The van der Waals surface area contributed by atoms with Gasteiger partial charge in [-0.25, -0.2) is 0 Å². The molecule has 0 spiro atoms. The van der Waals surface area contributed by atoms with Gasteiger partial charge >= 0.3 is 0 Å². The molecule has 11 heavy (non-hydrogen) atoms. The predicted octanol–water partition coefficient (Wildman–Crippen LogP) is 3.31. The Hall–Kier alpha value is -0.690. The zero-order chi connectivity index (χ0) is 8.10. The molecule has 2 heteroatoms. The van der Waals surface area contributed by atoms with Crippen molar-refractivity contribution < 1.29 is 4.42 Å². The molecule has 0 bridgehead atoms. The fraction of sp³-hybridized carbons (Fsp3) is 0.333. The SMILES string of the molecule is CCC(=Cc1ccco1)CCl. The lowest BCUT2D eigenvalue weighted by Gasteiger charge is -1.95. The summed E-state index contributed by atoms with van der Waals surface area (Å²) in [6.07, 6.45) is 4.62. The van der Waals surface area contributed by atoms with Gasteiger partial charge in [-0.2, -0.15) is 0 Å². The van der Waals surface area contributed by atoms with Gasteiger partial charge in [0, 0.05) is 5.88 Å². The lowest BCUT2D eigenvalue weighted by Crippen LogP contribution is -1.80. The maximum atomic E-state index is 5.67. The average Bonchev–Trinajstić information content (AvgIpc) is 2.52. The van der Waals surface area contributed by atoms with Crippen molar-refractivity contribution in [1.29, 1.82) is 0 Å². The van der Waals surface area contributed by atoms with E-state index in [1.807, 2.05) is 18.2 Å². The van der Waals surface area contributed by atoms with Gasteiger partial charge < -0.3 is 4.42 Å². The van der Waals surface area contributed by atoms with E-state index >= 15 is 0 Å². The summed E-state index contributed by atoms with van der Waals surface area (Å²) in [6, 6.07) is 3.79. The average molecular weight is 171 g/mol. The molecule has 0 radical (unpaired) electrons. The topological polar surface area (TPSA) is 13.1 Å². The highest BCUT2D eigenvalue weighted by atomic mass is 35.5. The second-order valence-corrected chi connectivity index (χ2v) is 2.57. The van der Waals surface area contributed by atoms with Crippen LogP contribution in [0.3, 0.4) is 0 Å². The first kappa shape index (κ1) is 8.41. The van der Waals surface area contributed by atoms with E-state index in [9.17, 15) is 0 Å². The second-order valence-electron chi connectivity index (χ2n) is 2.31. The monoisotopic (exact) mass is 170 g/mol. The van der Waals surface area contributed by atoms with Gasteiger partial charge in [0.2, 0.25) is 0 Å². The Morgan fingerprint density at radius 2 is 2.55 bits per heavy atom. The van der Waals surface area contributed by atoms with Crippen molar-refractivity contribution in [3.8, 4) is 0 Å². The van der Waals surface area contributed by atoms with Crippen LogP contribution in [0.2, 0.25) is 0 Å². The van der Waals surface area contributed by atoms with Crippen LogP contribution in [0, 0.1) is 0 Å². The Kier molecular flexibility index (Phi) is 3.24. The number of alkyl halides is 1. The molecule has 1 aromatic heterocycles. The number of allylic oxidation sites excluding steroid dienone is 1. The third-order valence-electron chi connectivity index (χ3n) is 1.52. The highest BCUT2D eigenvalue weighted by Gasteiger charge is 1.93. The van der Waals surface area contributed by atoms with E-state index in [-0.39, 0.29) is 0 Å². The van der Waals surface area contributed by atoms with Gasteiger partial charge in [0.1, 0.15) is 5.76 Å².